The third-order valence-corrected chi connectivity index (χ3v) is 7.40. The van der Waals surface area contributed by atoms with Crippen molar-refractivity contribution in [1.29, 1.82) is 0 Å². The van der Waals surface area contributed by atoms with Gasteiger partial charge in [-0.3, -0.25) is 4.79 Å². The average Bonchev–Trinajstić information content (AvgIpc) is 3.51. The molecule has 2 aliphatic heterocycles. The molecular weight excluding hydrogens is 489 g/mol. The van der Waals surface area contributed by atoms with E-state index in [9.17, 15) is 9.59 Å². The van der Waals surface area contributed by atoms with Crippen LogP contribution < -0.4 is 0 Å². The van der Waals surface area contributed by atoms with Crippen molar-refractivity contribution in [2.75, 3.05) is 26.2 Å². The van der Waals surface area contributed by atoms with Gasteiger partial charge in [-0.15, -0.1) is 0 Å². The largest absolute Gasteiger partial charge is 0.445 e. The highest BCUT2D eigenvalue weighted by Crippen LogP contribution is 2.30. The van der Waals surface area contributed by atoms with Crippen molar-refractivity contribution in [2.45, 2.75) is 32.3 Å². The molecule has 184 valence electrons. The fraction of sp³-hybridized carbons (Fsp3) is 0.440. The number of hydrogen-bond acceptors (Lipinski definition) is 5. The second-order valence-electron chi connectivity index (χ2n) is 9.43. The number of nitrogens with one attached hydrogen (secondary N) is 1. The van der Waals surface area contributed by atoms with Crippen LogP contribution in [0.4, 0.5) is 4.79 Å². The van der Waals surface area contributed by atoms with Crippen molar-refractivity contribution in [1.82, 2.24) is 25.2 Å². The van der Waals surface area contributed by atoms with Gasteiger partial charge in [0.05, 0.1) is 0 Å². The monoisotopic (exact) mass is 515 g/mol. The number of ether oxygens (including phenoxy) is 1. The lowest BCUT2D eigenvalue weighted by atomic mass is 9.86. The molecule has 0 saturated carbocycles. The third-order valence-electron chi connectivity index (χ3n) is 6.96. The van der Waals surface area contributed by atoms with E-state index < -0.39 is 0 Å². The lowest BCUT2D eigenvalue weighted by molar-refractivity contribution is 0.0677. The summed E-state index contributed by atoms with van der Waals surface area (Å²) in [6, 6.07) is 10.6. The Balaban J connectivity index is 1.06. The molecule has 0 aliphatic carbocycles. The molecule has 1 atom stereocenters. The van der Waals surface area contributed by atoms with Crippen molar-refractivity contribution in [2.24, 2.45) is 11.8 Å². The van der Waals surface area contributed by atoms with Gasteiger partial charge in [-0.25, -0.2) is 4.79 Å². The zero-order valence-electron chi connectivity index (χ0n) is 19.3. The van der Waals surface area contributed by atoms with Gasteiger partial charge in [-0.05, 0) is 79.5 Å². The maximum Gasteiger partial charge on any atom is 0.410 e. The quantitative estimate of drug-likeness (QED) is 0.506. The molecule has 1 unspecified atom stereocenters. The molecule has 3 aromatic rings. The fourth-order valence-electron chi connectivity index (χ4n) is 5.12. The van der Waals surface area contributed by atoms with Crippen LogP contribution in [0, 0.1) is 11.8 Å². The van der Waals surface area contributed by atoms with Crippen molar-refractivity contribution in [3.05, 3.63) is 57.6 Å². The SMILES string of the molecule is O=C(OCc1cc(Cl)cc(Cl)c1)N1CCC(CC2CCN(C(=O)c3ccc4n[nH]nc4c3)CC2)C1. The molecular formula is C25H27Cl2N5O3. The number of halogens is 2. The lowest BCUT2D eigenvalue weighted by Crippen LogP contribution is -2.39. The van der Waals surface area contributed by atoms with Crippen LogP contribution >= 0.6 is 23.2 Å². The van der Waals surface area contributed by atoms with Gasteiger partial charge in [0.2, 0.25) is 0 Å². The van der Waals surface area contributed by atoms with E-state index in [2.05, 4.69) is 15.4 Å². The number of aromatic nitrogens is 3. The Hall–Kier alpha value is -2.84. The van der Waals surface area contributed by atoms with Crippen LogP contribution in [-0.4, -0.2) is 63.4 Å². The fourth-order valence-corrected chi connectivity index (χ4v) is 5.69. The molecule has 0 spiro atoms. The number of H-pyrrole nitrogens is 1. The van der Waals surface area contributed by atoms with Gasteiger partial charge < -0.3 is 14.5 Å². The van der Waals surface area contributed by atoms with E-state index in [1.165, 1.54) is 0 Å². The molecule has 35 heavy (non-hydrogen) atoms. The second-order valence-corrected chi connectivity index (χ2v) is 10.3. The molecule has 0 bridgehead atoms. The van der Waals surface area contributed by atoms with Gasteiger partial charge in [0.1, 0.15) is 17.6 Å². The van der Waals surface area contributed by atoms with E-state index in [1.54, 1.807) is 29.2 Å². The number of carbonyl (C=O) groups excluding carboxylic acids is 2. The second kappa shape index (κ2) is 10.4. The summed E-state index contributed by atoms with van der Waals surface area (Å²) in [5.41, 5.74) is 2.87. The third kappa shape index (κ3) is 5.70. The summed E-state index contributed by atoms with van der Waals surface area (Å²) >= 11 is 12.0. The van der Waals surface area contributed by atoms with E-state index in [0.717, 1.165) is 49.9 Å². The molecule has 2 amide bonds. The van der Waals surface area contributed by atoms with Crippen LogP contribution in [0.5, 0.6) is 0 Å². The first kappa shape index (κ1) is 23.9. The van der Waals surface area contributed by atoms with Crippen molar-refractivity contribution >= 4 is 46.2 Å². The summed E-state index contributed by atoms with van der Waals surface area (Å²) < 4.78 is 5.48. The number of aromatic amines is 1. The minimum absolute atomic E-state index is 0.0455. The van der Waals surface area contributed by atoms with E-state index in [0.29, 0.717) is 46.1 Å². The Morgan fingerprint density at radius 3 is 2.37 bits per heavy atom. The Kier molecular flexibility index (Phi) is 7.11. The molecule has 2 aromatic carbocycles. The molecule has 1 N–H and O–H groups in total. The van der Waals surface area contributed by atoms with E-state index in [-0.39, 0.29) is 18.6 Å². The number of hydrogen-bond donors (Lipinski definition) is 1. The van der Waals surface area contributed by atoms with Crippen LogP contribution in [0.25, 0.3) is 11.0 Å². The van der Waals surface area contributed by atoms with Crippen LogP contribution in [0.1, 0.15) is 41.6 Å². The molecule has 2 fully saturated rings. The standard InChI is InChI=1S/C25H27Cl2N5O3/c26-20-10-18(11-21(27)13-20)15-35-25(34)32-8-5-17(14-32)9-16-3-6-31(7-4-16)24(33)19-1-2-22-23(12-19)29-30-28-22/h1-2,10-13,16-17H,3-9,14-15H2,(H,28,29,30). The van der Waals surface area contributed by atoms with Gasteiger partial charge in [0.25, 0.3) is 5.91 Å². The highest BCUT2D eigenvalue weighted by atomic mass is 35.5. The Morgan fingerprint density at radius 1 is 0.914 bits per heavy atom. The van der Waals surface area contributed by atoms with Crippen LogP contribution in [0.3, 0.4) is 0 Å². The zero-order valence-corrected chi connectivity index (χ0v) is 20.8. The van der Waals surface area contributed by atoms with Crippen molar-refractivity contribution < 1.29 is 14.3 Å². The number of nitrogens with zero attached hydrogens (tertiary/aromatic N) is 4. The molecule has 2 saturated heterocycles. The highest BCUT2D eigenvalue weighted by molar-refractivity contribution is 6.34. The van der Waals surface area contributed by atoms with Gasteiger partial charge in [0, 0.05) is 41.8 Å². The normalized spacial score (nSPS) is 18.9. The number of fused-ring (bicyclic) bond motifs is 1. The number of amides is 2. The molecule has 2 aliphatic rings. The summed E-state index contributed by atoms with van der Waals surface area (Å²) in [7, 11) is 0. The predicted octanol–water partition coefficient (Wildman–Crippen LogP) is 5.17. The molecule has 8 nitrogen and oxygen atoms in total. The molecule has 1 aromatic heterocycles. The Morgan fingerprint density at radius 2 is 1.60 bits per heavy atom. The van der Waals surface area contributed by atoms with Crippen molar-refractivity contribution in [3.8, 4) is 0 Å². The Labute approximate surface area is 213 Å². The van der Waals surface area contributed by atoms with Crippen LogP contribution in [0.15, 0.2) is 36.4 Å². The van der Waals surface area contributed by atoms with E-state index in [4.69, 9.17) is 27.9 Å². The van der Waals surface area contributed by atoms with E-state index >= 15 is 0 Å². The van der Waals surface area contributed by atoms with Gasteiger partial charge in [-0.2, -0.15) is 15.4 Å². The first-order chi connectivity index (χ1) is 16.9. The topological polar surface area (TPSA) is 91.4 Å². The highest BCUT2D eigenvalue weighted by Gasteiger charge is 2.31. The van der Waals surface area contributed by atoms with Gasteiger partial charge in [-0.1, -0.05) is 23.2 Å². The summed E-state index contributed by atoms with van der Waals surface area (Å²) in [6.45, 7) is 3.08. The van der Waals surface area contributed by atoms with Crippen LogP contribution in [-0.2, 0) is 11.3 Å². The molecule has 10 heteroatoms. The Bertz CT molecular complexity index is 1200. The zero-order chi connectivity index (χ0) is 24.4. The maximum absolute atomic E-state index is 12.9. The van der Waals surface area contributed by atoms with Gasteiger partial charge >= 0.3 is 6.09 Å². The minimum Gasteiger partial charge on any atom is -0.445 e. The molecule has 5 rings (SSSR count). The summed E-state index contributed by atoms with van der Waals surface area (Å²) in [4.78, 5) is 29.2. The predicted molar refractivity (Wildman–Crippen MR) is 133 cm³/mol. The van der Waals surface area contributed by atoms with Crippen LogP contribution in [0.2, 0.25) is 10.0 Å². The molecule has 0 radical (unpaired) electrons. The van der Waals surface area contributed by atoms with E-state index in [1.807, 2.05) is 17.0 Å². The van der Waals surface area contributed by atoms with Gasteiger partial charge in [0.15, 0.2) is 0 Å². The number of carbonyl (C=O) groups is 2. The first-order valence-corrected chi connectivity index (χ1v) is 12.7. The number of benzene rings is 2. The smallest absolute Gasteiger partial charge is 0.410 e. The number of piperidine rings is 1. The number of rotatable bonds is 5. The summed E-state index contributed by atoms with van der Waals surface area (Å²) in [5.74, 6) is 1.07. The molecule has 3 heterocycles. The average molecular weight is 516 g/mol. The maximum atomic E-state index is 12.9. The lowest BCUT2D eigenvalue weighted by Gasteiger charge is -2.33. The summed E-state index contributed by atoms with van der Waals surface area (Å²) in [5, 5.41) is 11.7. The number of likely N-dealkylation sites (tertiary alicyclic amines) is 2. The van der Waals surface area contributed by atoms with Crippen molar-refractivity contribution in [3.63, 3.8) is 0 Å². The summed E-state index contributed by atoms with van der Waals surface area (Å²) in [6.07, 6.45) is 3.71. The first-order valence-electron chi connectivity index (χ1n) is 11.9. The minimum atomic E-state index is -0.298.